The lowest BCUT2D eigenvalue weighted by molar-refractivity contribution is -0.117. The Bertz CT molecular complexity index is 949. The lowest BCUT2D eigenvalue weighted by atomic mass is 10.1. The van der Waals surface area contributed by atoms with Crippen LogP contribution >= 0.6 is 0 Å². The van der Waals surface area contributed by atoms with E-state index in [1.807, 2.05) is 45.0 Å². The summed E-state index contributed by atoms with van der Waals surface area (Å²) in [5.41, 5.74) is 1.63. The number of amides is 1. The number of rotatable bonds is 9. The van der Waals surface area contributed by atoms with Crippen LogP contribution < -0.4 is 10.1 Å². The zero-order valence-electron chi connectivity index (χ0n) is 17.3. The number of hydrogen-bond donors (Lipinski definition) is 1. The number of benzene rings is 2. The Morgan fingerprint density at radius 1 is 1.10 bits per heavy atom. The Balaban J connectivity index is 2.06. The van der Waals surface area contributed by atoms with Crippen LogP contribution in [-0.4, -0.2) is 38.8 Å². The molecule has 2 rings (SSSR count). The molecule has 1 atom stereocenters. The SMILES string of the molecule is CCN(CC)S(=O)(=O)c1ccc([C@@H](C)NC(=O)/C=C/c2ccccc2OC)cc1. The summed E-state index contributed by atoms with van der Waals surface area (Å²) in [5.74, 6) is 0.442. The Morgan fingerprint density at radius 2 is 1.72 bits per heavy atom. The lowest BCUT2D eigenvalue weighted by Gasteiger charge is -2.19. The molecule has 2 aromatic rings. The first-order valence-corrected chi connectivity index (χ1v) is 11.0. The number of para-hydroxylation sites is 1. The molecule has 0 radical (unpaired) electrons. The third-order valence-electron chi connectivity index (χ3n) is 4.64. The van der Waals surface area contributed by atoms with E-state index < -0.39 is 10.0 Å². The van der Waals surface area contributed by atoms with Gasteiger partial charge in [-0.3, -0.25) is 4.79 Å². The normalized spacial score (nSPS) is 12.9. The molecule has 0 saturated heterocycles. The highest BCUT2D eigenvalue weighted by atomic mass is 32.2. The summed E-state index contributed by atoms with van der Waals surface area (Å²) in [6.45, 7) is 6.32. The van der Waals surface area contributed by atoms with Crippen LogP contribution in [0.5, 0.6) is 5.75 Å². The molecule has 0 unspecified atom stereocenters. The molecule has 156 valence electrons. The van der Waals surface area contributed by atoms with Crippen LogP contribution in [0.2, 0.25) is 0 Å². The molecule has 0 aliphatic carbocycles. The monoisotopic (exact) mass is 416 g/mol. The summed E-state index contributed by atoms with van der Waals surface area (Å²) < 4.78 is 31.8. The van der Waals surface area contributed by atoms with Crippen molar-refractivity contribution in [2.24, 2.45) is 0 Å². The Kier molecular flexibility index (Phi) is 7.99. The van der Waals surface area contributed by atoms with Crippen molar-refractivity contribution in [1.29, 1.82) is 0 Å². The Labute approximate surface area is 173 Å². The zero-order chi connectivity index (χ0) is 21.4. The summed E-state index contributed by atoms with van der Waals surface area (Å²) in [6, 6.07) is 13.8. The summed E-state index contributed by atoms with van der Waals surface area (Å²) in [7, 11) is -1.91. The quantitative estimate of drug-likeness (QED) is 0.634. The van der Waals surface area contributed by atoms with Gasteiger partial charge in [0.1, 0.15) is 5.75 Å². The van der Waals surface area contributed by atoms with Crippen LogP contribution in [0.4, 0.5) is 0 Å². The van der Waals surface area contributed by atoms with Crippen molar-refractivity contribution in [3.8, 4) is 5.75 Å². The lowest BCUT2D eigenvalue weighted by Crippen LogP contribution is -2.30. The van der Waals surface area contributed by atoms with E-state index in [-0.39, 0.29) is 16.8 Å². The summed E-state index contributed by atoms with van der Waals surface area (Å²) >= 11 is 0. The maximum Gasteiger partial charge on any atom is 0.244 e. The molecule has 0 heterocycles. The molecule has 0 aliphatic rings. The number of carbonyl (C=O) groups excluding carboxylic acids is 1. The first-order chi connectivity index (χ1) is 13.8. The molecule has 0 aliphatic heterocycles. The maximum absolute atomic E-state index is 12.6. The van der Waals surface area contributed by atoms with E-state index in [9.17, 15) is 13.2 Å². The largest absolute Gasteiger partial charge is 0.496 e. The number of sulfonamides is 1. The average Bonchev–Trinajstić information content (AvgIpc) is 2.73. The van der Waals surface area contributed by atoms with Crippen LogP contribution in [0.1, 0.15) is 37.9 Å². The highest BCUT2D eigenvalue weighted by molar-refractivity contribution is 7.89. The van der Waals surface area contributed by atoms with Gasteiger partial charge in [0, 0.05) is 24.7 Å². The van der Waals surface area contributed by atoms with E-state index in [1.54, 1.807) is 37.5 Å². The van der Waals surface area contributed by atoms with Gasteiger partial charge >= 0.3 is 0 Å². The van der Waals surface area contributed by atoms with Crippen molar-refractivity contribution in [2.45, 2.75) is 31.7 Å². The molecule has 7 heteroatoms. The van der Waals surface area contributed by atoms with Crippen LogP contribution in [0.25, 0.3) is 6.08 Å². The summed E-state index contributed by atoms with van der Waals surface area (Å²) in [5, 5.41) is 2.88. The molecule has 6 nitrogen and oxygen atoms in total. The van der Waals surface area contributed by atoms with Gasteiger partial charge in [-0.1, -0.05) is 44.2 Å². The van der Waals surface area contributed by atoms with Gasteiger partial charge in [0.05, 0.1) is 18.0 Å². The second-order valence-electron chi connectivity index (χ2n) is 6.46. The van der Waals surface area contributed by atoms with Gasteiger partial charge in [-0.05, 0) is 36.8 Å². The highest BCUT2D eigenvalue weighted by Crippen LogP contribution is 2.20. The highest BCUT2D eigenvalue weighted by Gasteiger charge is 2.21. The predicted octanol–water partition coefficient (Wildman–Crippen LogP) is 3.62. The van der Waals surface area contributed by atoms with Crippen molar-refractivity contribution in [3.63, 3.8) is 0 Å². The number of carbonyl (C=O) groups is 1. The Hall–Kier alpha value is -2.64. The minimum atomic E-state index is -3.49. The topological polar surface area (TPSA) is 75.7 Å². The average molecular weight is 417 g/mol. The van der Waals surface area contributed by atoms with Crippen molar-refractivity contribution in [3.05, 3.63) is 65.7 Å². The fourth-order valence-corrected chi connectivity index (χ4v) is 4.41. The molecule has 1 N–H and O–H groups in total. The summed E-state index contributed by atoms with van der Waals surface area (Å²) in [4.78, 5) is 12.5. The zero-order valence-corrected chi connectivity index (χ0v) is 18.1. The number of hydrogen-bond acceptors (Lipinski definition) is 4. The van der Waals surface area contributed by atoms with Crippen molar-refractivity contribution in [2.75, 3.05) is 20.2 Å². The van der Waals surface area contributed by atoms with Crippen LogP contribution in [0.3, 0.4) is 0 Å². The fraction of sp³-hybridized carbons (Fsp3) is 0.318. The van der Waals surface area contributed by atoms with E-state index in [2.05, 4.69) is 5.32 Å². The molecule has 0 bridgehead atoms. The van der Waals surface area contributed by atoms with E-state index in [0.29, 0.717) is 18.8 Å². The third kappa shape index (κ3) is 5.68. The standard InChI is InChI=1S/C22H28N2O4S/c1-5-24(6-2)29(26,27)20-14-11-18(12-15-20)17(3)23-22(25)16-13-19-9-7-8-10-21(19)28-4/h7-17H,5-6H2,1-4H3,(H,23,25)/b16-13+/t17-/m1/s1. The first-order valence-electron chi connectivity index (χ1n) is 9.55. The molecule has 29 heavy (non-hydrogen) atoms. The van der Waals surface area contributed by atoms with Gasteiger partial charge in [-0.15, -0.1) is 0 Å². The molecule has 0 aromatic heterocycles. The number of methoxy groups -OCH3 is 1. The van der Waals surface area contributed by atoms with E-state index in [0.717, 1.165) is 11.1 Å². The minimum absolute atomic E-state index is 0.247. The van der Waals surface area contributed by atoms with Crippen LogP contribution in [-0.2, 0) is 14.8 Å². The Morgan fingerprint density at radius 3 is 2.31 bits per heavy atom. The van der Waals surface area contributed by atoms with Crippen LogP contribution in [0, 0.1) is 0 Å². The number of ether oxygens (including phenoxy) is 1. The molecule has 2 aromatic carbocycles. The minimum Gasteiger partial charge on any atom is -0.496 e. The number of nitrogens with zero attached hydrogens (tertiary/aromatic N) is 1. The molecule has 0 spiro atoms. The van der Waals surface area contributed by atoms with Crippen molar-refractivity contribution in [1.82, 2.24) is 9.62 Å². The van der Waals surface area contributed by atoms with Gasteiger partial charge in [-0.25, -0.2) is 8.42 Å². The third-order valence-corrected chi connectivity index (χ3v) is 6.70. The van der Waals surface area contributed by atoms with Crippen molar-refractivity contribution >= 4 is 22.0 Å². The van der Waals surface area contributed by atoms with E-state index in [4.69, 9.17) is 4.74 Å². The van der Waals surface area contributed by atoms with Gasteiger partial charge in [0.2, 0.25) is 15.9 Å². The predicted molar refractivity (Wildman–Crippen MR) is 115 cm³/mol. The molecular formula is C22H28N2O4S. The van der Waals surface area contributed by atoms with Crippen molar-refractivity contribution < 1.29 is 17.9 Å². The second-order valence-corrected chi connectivity index (χ2v) is 8.40. The maximum atomic E-state index is 12.6. The smallest absolute Gasteiger partial charge is 0.244 e. The molecule has 1 amide bonds. The molecule has 0 saturated carbocycles. The molecule has 0 fully saturated rings. The second kappa shape index (κ2) is 10.2. The van der Waals surface area contributed by atoms with Gasteiger partial charge in [0.25, 0.3) is 0 Å². The van der Waals surface area contributed by atoms with Crippen LogP contribution in [0.15, 0.2) is 59.5 Å². The van der Waals surface area contributed by atoms with E-state index in [1.165, 1.54) is 10.4 Å². The number of nitrogens with one attached hydrogen (secondary N) is 1. The van der Waals surface area contributed by atoms with Gasteiger partial charge < -0.3 is 10.1 Å². The first kappa shape index (κ1) is 22.6. The molecular weight excluding hydrogens is 388 g/mol. The van der Waals surface area contributed by atoms with Gasteiger partial charge in [-0.2, -0.15) is 4.31 Å². The van der Waals surface area contributed by atoms with Gasteiger partial charge in [0.15, 0.2) is 0 Å². The summed E-state index contributed by atoms with van der Waals surface area (Å²) in [6.07, 6.45) is 3.15. The fourth-order valence-electron chi connectivity index (χ4n) is 2.96. The van der Waals surface area contributed by atoms with E-state index >= 15 is 0 Å².